The summed E-state index contributed by atoms with van der Waals surface area (Å²) in [5.41, 5.74) is 0. The van der Waals surface area contributed by atoms with Gasteiger partial charge in [-0.15, -0.1) is 7.92 Å². The van der Waals surface area contributed by atoms with E-state index in [-0.39, 0.29) is 7.92 Å². The summed E-state index contributed by atoms with van der Waals surface area (Å²) in [4.78, 5) is 0. The molecule has 0 saturated carbocycles. The Bertz CT molecular complexity index is 160. The van der Waals surface area contributed by atoms with Crippen LogP contribution in [0, 0.1) is 22.7 Å². The number of nitrogens with zero attached hydrogens (tertiary/aromatic N) is 2. The van der Waals surface area contributed by atoms with Crippen molar-refractivity contribution in [2.24, 2.45) is 0 Å². The zero-order chi connectivity index (χ0) is 9.23. The molecule has 0 rings (SSSR count). The van der Waals surface area contributed by atoms with Crippen LogP contribution < -0.4 is 0 Å². The number of hydrogen-bond donors (Lipinski definition) is 0. The van der Waals surface area contributed by atoms with Crippen LogP contribution in [0.1, 0.15) is 26.2 Å². The lowest BCUT2D eigenvalue weighted by Crippen LogP contribution is -1.93. The second-order valence-electron chi connectivity index (χ2n) is 2.66. The summed E-state index contributed by atoms with van der Waals surface area (Å²) in [5.74, 6) is 0. The molecular weight excluding hydrogens is 167 g/mol. The molecule has 0 aliphatic rings. The summed E-state index contributed by atoms with van der Waals surface area (Å²) < 4.78 is 0. The van der Waals surface area contributed by atoms with Crippen molar-refractivity contribution < 1.29 is 0 Å². The number of rotatable bonds is 6. The van der Waals surface area contributed by atoms with E-state index < -0.39 is 0 Å². The molecule has 0 spiro atoms. The van der Waals surface area contributed by atoms with Crippen LogP contribution in [-0.2, 0) is 0 Å². The first kappa shape index (κ1) is 11.4. The third-order valence-corrected chi connectivity index (χ3v) is 4.41. The zero-order valence-electron chi connectivity index (χ0n) is 7.58. The monoisotopic (exact) mass is 182 g/mol. The number of hydrogen-bond acceptors (Lipinski definition) is 2. The maximum absolute atomic E-state index is 8.40. The van der Waals surface area contributed by atoms with E-state index in [1.54, 1.807) is 0 Å². The summed E-state index contributed by atoms with van der Waals surface area (Å²) >= 11 is 0. The SMILES string of the molecule is CCCP(CCC#N)CCC#N. The van der Waals surface area contributed by atoms with Crippen molar-refractivity contribution in [3.05, 3.63) is 0 Å². The fourth-order valence-electron chi connectivity index (χ4n) is 1.07. The Labute approximate surface area is 75.9 Å². The number of nitriles is 2. The summed E-state index contributed by atoms with van der Waals surface area (Å²) in [7, 11) is -0.0175. The van der Waals surface area contributed by atoms with Gasteiger partial charge in [-0.2, -0.15) is 10.5 Å². The van der Waals surface area contributed by atoms with E-state index in [9.17, 15) is 0 Å². The van der Waals surface area contributed by atoms with Gasteiger partial charge in [0.25, 0.3) is 0 Å². The molecule has 0 radical (unpaired) electrons. The van der Waals surface area contributed by atoms with Crippen LogP contribution in [0.4, 0.5) is 0 Å². The molecule has 0 unspecified atom stereocenters. The normalized spacial score (nSPS) is 9.33. The Morgan fingerprint density at radius 2 is 1.50 bits per heavy atom. The first-order chi connectivity index (χ1) is 5.85. The zero-order valence-corrected chi connectivity index (χ0v) is 8.48. The second kappa shape index (κ2) is 8.51. The molecule has 2 nitrogen and oxygen atoms in total. The maximum Gasteiger partial charge on any atom is 0.0625 e. The fraction of sp³-hybridized carbons (Fsp3) is 0.778. The van der Waals surface area contributed by atoms with Crippen LogP contribution in [0.25, 0.3) is 0 Å². The van der Waals surface area contributed by atoms with Gasteiger partial charge < -0.3 is 0 Å². The first-order valence-electron chi connectivity index (χ1n) is 4.31. The molecule has 3 heteroatoms. The molecule has 0 aliphatic carbocycles. The van der Waals surface area contributed by atoms with Crippen molar-refractivity contribution in [2.75, 3.05) is 18.5 Å². The Kier molecular flexibility index (Phi) is 8.09. The fourth-order valence-corrected chi connectivity index (χ4v) is 3.20. The Morgan fingerprint density at radius 3 is 1.83 bits per heavy atom. The second-order valence-corrected chi connectivity index (χ2v) is 5.34. The molecule has 0 saturated heterocycles. The van der Waals surface area contributed by atoms with Gasteiger partial charge in [-0.05, 0) is 18.5 Å². The van der Waals surface area contributed by atoms with E-state index in [1.807, 2.05) is 0 Å². The lowest BCUT2D eigenvalue weighted by molar-refractivity contribution is 1.07. The van der Waals surface area contributed by atoms with E-state index >= 15 is 0 Å². The molecule has 0 heterocycles. The predicted octanol–water partition coefficient (Wildman–Crippen LogP) is 2.71. The third-order valence-electron chi connectivity index (χ3n) is 1.62. The van der Waals surface area contributed by atoms with E-state index in [0.29, 0.717) is 12.8 Å². The van der Waals surface area contributed by atoms with Gasteiger partial charge in [-0.1, -0.05) is 13.3 Å². The lowest BCUT2D eigenvalue weighted by atomic mass is 10.5. The van der Waals surface area contributed by atoms with Gasteiger partial charge in [0.15, 0.2) is 0 Å². The van der Waals surface area contributed by atoms with Gasteiger partial charge in [-0.3, -0.25) is 0 Å². The highest BCUT2D eigenvalue weighted by Crippen LogP contribution is 2.37. The molecule has 66 valence electrons. The van der Waals surface area contributed by atoms with E-state index in [2.05, 4.69) is 19.1 Å². The summed E-state index contributed by atoms with van der Waals surface area (Å²) in [6.07, 6.45) is 5.79. The van der Waals surface area contributed by atoms with Crippen molar-refractivity contribution >= 4 is 7.92 Å². The van der Waals surface area contributed by atoms with Gasteiger partial charge in [-0.25, -0.2) is 0 Å². The van der Waals surface area contributed by atoms with E-state index in [0.717, 1.165) is 12.3 Å². The van der Waals surface area contributed by atoms with Crippen molar-refractivity contribution in [3.8, 4) is 12.1 Å². The smallest absolute Gasteiger partial charge is 0.0625 e. The highest BCUT2D eigenvalue weighted by Gasteiger charge is 2.05. The first-order valence-corrected chi connectivity index (χ1v) is 6.21. The van der Waals surface area contributed by atoms with Gasteiger partial charge in [0.05, 0.1) is 12.1 Å². The Morgan fingerprint density at radius 1 is 1.00 bits per heavy atom. The van der Waals surface area contributed by atoms with Gasteiger partial charge in [0.2, 0.25) is 0 Å². The molecule has 0 atom stereocenters. The minimum atomic E-state index is -0.0175. The molecular formula is C9H15N2P. The predicted molar refractivity (Wildman–Crippen MR) is 52.3 cm³/mol. The molecule has 0 aromatic carbocycles. The summed E-state index contributed by atoms with van der Waals surface area (Å²) in [5, 5.41) is 16.8. The Balaban J connectivity index is 3.57. The molecule has 0 aromatic rings. The summed E-state index contributed by atoms with van der Waals surface area (Å²) in [6.45, 7) is 2.16. The molecule has 0 fully saturated rings. The highest BCUT2D eigenvalue weighted by atomic mass is 31.1. The van der Waals surface area contributed by atoms with Gasteiger partial charge in [0.1, 0.15) is 0 Å². The van der Waals surface area contributed by atoms with Crippen molar-refractivity contribution in [2.45, 2.75) is 26.2 Å². The quantitative estimate of drug-likeness (QED) is 0.593. The topological polar surface area (TPSA) is 47.6 Å². The van der Waals surface area contributed by atoms with Crippen LogP contribution in [0.5, 0.6) is 0 Å². The van der Waals surface area contributed by atoms with Crippen LogP contribution in [-0.4, -0.2) is 18.5 Å². The van der Waals surface area contributed by atoms with Crippen LogP contribution >= 0.6 is 7.92 Å². The average molecular weight is 182 g/mol. The third kappa shape index (κ3) is 6.14. The van der Waals surface area contributed by atoms with Crippen LogP contribution in [0.15, 0.2) is 0 Å². The van der Waals surface area contributed by atoms with Crippen molar-refractivity contribution in [1.82, 2.24) is 0 Å². The maximum atomic E-state index is 8.40. The lowest BCUT2D eigenvalue weighted by Gasteiger charge is -2.12. The van der Waals surface area contributed by atoms with Crippen LogP contribution in [0.2, 0.25) is 0 Å². The largest absolute Gasteiger partial charge is 0.198 e. The van der Waals surface area contributed by atoms with Crippen molar-refractivity contribution in [1.29, 1.82) is 10.5 Å². The molecule has 0 aliphatic heterocycles. The molecule has 0 aromatic heterocycles. The summed E-state index contributed by atoms with van der Waals surface area (Å²) in [6, 6.07) is 4.33. The van der Waals surface area contributed by atoms with Gasteiger partial charge in [0, 0.05) is 12.8 Å². The minimum Gasteiger partial charge on any atom is -0.198 e. The minimum absolute atomic E-state index is 0.0175. The van der Waals surface area contributed by atoms with Crippen LogP contribution in [0.3, 0.4) is 0 Å². The standard InChI is InChI=1S/C9H15N2P/c1-2-7-12(8-3-5-10)9-4-6-11/h2-4,7-9H2,1H3. The molecule has 0 N–H and O–H groups in total. The molecule has 0 bridgehead atoms. The average Bonchev–Trinajstić information content (AvgIpc) is 2.10. The Hall–Kier alpha value is -0.590. The highest BCUT2D eigenvalue weighted by molar-refractivity contribution is 7.57. The van der Waals surface area contributed by atoms with E-state index in [4.69, 9.17) is 10.5 Å². The molecule has 12 heavy (non-hydrogen) atoms. The van der Waals surface area contributed by atoms with Crippen molar-refractivity contribution in [3.63, 3.8) is 0 Å². The molecule has 0 amide bonds. The van der Waals surface area contributed by atoms with E-state index in [1.165, 1.54) is 12.6 Å². The van der Waals surface area contributed by atoms with Gasteiger partial charge >= 0.3 is 0 Å².